The van der Waals surface area contributed by atoms with E-state index in [1.165, 1.54) is 5.56 Å². The maximum Gasteiger partial charge on any atom is 0.213 e. The highest BCUT2D eigenvalue weighted by Gasteiger charge is 2.29. The SMILES string of the molecule is CCS(=O)(=O)N1CCC(n2cnc3cnc4c(c32)CCN4)CC1. The van der Waals surface area contributed by atoms with Crippen molar-refractivity contribution in [2.24, 2.45) is 0 Å². The number of fused-ring (bicyclic) bond motifs is 3. The van der Waals surface area contributed by atoms with Crippen LogP contribution < -0.4 is 5.32 Å². The molecular weight excluding hydrogens is 314 g/mol. The maximum atomic E-state index is 12.0. The lowest BCUT2D eigenvalue weighted by atomic mass is 10.1. The minimum absolute atomic E-state index is 0.177. The summed E-state index contributed by atoms with van der Waals surface area (Å²) in [7, 11) is -3.08. The Labute approximate surface area is 135 Å². The number of nitrogens with one attached hydrogen (secondary N) is 1. The number of pyridine rings is 1. The topological polar surface area (TPSA) is 80.1 Å². The van der Waals surface area contributed by atoms with E-state index in [2.05, 4.69) is 19.9 Å². The second-order valence-corrected chi connectivity index (χ2v) is 8.44. The zero-order valence-electron chi connectivity index (χ0n) is 13.2. The van der Waals surface area contributed by atoms with Crippen molar-refractivity contribution in [2.75, 3.05) is 30.7 Å². The highest BCUT2D eigenvalue weighted by atomic mass is 32.2. The fourth-order valence-electron chi connectivity index (χ4n) is 3.65. The van der Waals surface area contributed by atoms with Gasteiger partial charge in [-0.3, -0.25) is 0 Å². The van der Waals surface area contributed by atoms with Gasteiger partial charge in [0.15, 0.2) is 0 Å². The summed E-state index contributed by atoms with van der Waals surface area (Å²) in [5, 5.41) is 3.31. The first-order valence-electron chi connectivity index (χ1n) is 8.16. The van der Waals surface area contributed by atoms with Crippen molar-refractivity contribution in [1.29, 1.82) is 0 Å². The van der Waals surface area contributed by atoms with Gasteiger partial charge < -0.3 is 9.88 Å². The second kappa shape index (κ2) is 5.45. The van der Waals surface area contributed by atoms with Gasteiger partial charge in [-0.2, -0.15) is 0 Å². The van der Waals surface area contributed by atoms with Gasteiger partial charge in [-0.05, 0) is 26.2 Å². The number of hydrogen-bond donors (Lipinski definition) is 1. The lowest BCUT2D eigenvalue weighted by molar-refractivity contribution is 0.277. The van der Waals surface area contributed by atoms with Crippen LogP contribution in [-0.4, -0.2) is 52.6 Å². The van der Waals surface area contributed by atoms with E-state index in [1.807, 2.05) is 12.5 Å². The lowest BCUT2D eigenvalue weighted by Gasteiger charge is -2.32. The van der Waals surface area contributed by atoms with Crippen LogP contribution in [0.3, 0.4) is 0 Å². The standard InChI is InChI=1S/C15H21N5O2S/c1-2-23(21,22)19-7-4-11(5-8-19)20-10-18-13-9-17-15-12(14(13)20)3-6-16-15/h9-11H,2-8H2,1H3,(H,16,17). The molecule has 0 bridgehead atoms. The van der Waals surface area contributed by atoms with Crippen LogP contribution in [0, 0.1) is 0 Å². The van der Waals surface area contributed by atoms with Gasteiger partial charge in [0.25, 0.3) is 0 Å². The number of hydrogen-bond acceptors (Lipinski definition) is 5. The summed E-state index contributed by atoms with van der Waals surface area (Å²) in [5.74, 6) is 1.14. The molecule has 0 aliphatic carbocycles. The predicted octanol–water partition coefficient (Wildman–Crippen LogP) is 1.39. The van der Waals surface area contributed by atoms with Crippen molar-refractivity contribution in [3.8, 4) is 0 Å². The van der Waals surface area contributed by atoms with E-state index in [-0.39, 0.29) is 5.75 Å². The van der Waals surface area contributed by atoms with Crippen molar-refractivity contribution < 1.29 is 8.42 Å². The summed E-state index contributed by atoms with van der Waals surface area (Å²) < 4.78 is 27.9. The second-order valence-electron chi connectivity index (χ2n) is 6.18. The molecule has 124 valence electrons. The molecule has 2 aromatic rings. The molecule has 0 saturated carbocycles. The van der Waals surface area contributed by atoms with E-state index in [4.69, 9.17) is 0 Å². The van der Waals surface area contributed by atoms with Crippen molar-refractivity contribution in [1.82, 2.24) is 18.8 Å². The Morgan fingerprint density at radius 3 is 2.83 bits per heavy atom. The van der Waals surface area contributed by atoms with Crippen LogP contribution in [0.1, 0.15) is 31.4 Å². The largest absolute Gasteiger partial charge is 0.369 e. The van der Waals surface area contributed by atoms with Gasteiger partial charge in [0.1, 0.15) is 11.3 Å². The van der Waals surface area contributed by atoms with Crippen molar-refractivity contribution in [3.63, 3.8) is 0 Å². The fraction of sp³-hybridized carbons (Fsp3) is 0.600. The predicted molar refractivity (Wildman–Crippen MR) is 89.0 cm³/mol. The van der Waals surface area contributed by atoms with Crippen LogP contribution in [0.5, 0.6) is 0 Å². The summed E-state index contributed by atoms with van der Waals surface area (Å²) in [6.45, 7) is 3.80. The maximum absolute atomic E-state index is 12.0. The molecule has 1 saturated heterocycles. The van der Waals surface area contributed by atoms with Gasteiger partial charge in [-0.25, -0.2) is 22.7 Å². The lowest BCUT2D eigenvalue weighted by Crippen LogP contribution is -2.39. The molecule has 23 heavy (non-hydrogen) atoms. The van der Waals surface area contributed by atoms with E-state index in [0.717, 1.165) is 42.7 Å². The molecule has 4 rings (SSSR count). The Morgan fingerprint density at radius 1 is 1.30 bits per heavy atom. The van der Waals surface area contributed by atoms with Gasteiger partial charge >= 0.3 is 0 Å². The molecular formula is C15H21N5O2S. The van der Waals surface area contributed by atoms with Crippen LogP contribution in [-0.2, 0) is 16.4 Å². The molecule has 2 aromatic heterocycles. The number of anilines is 1. The number of piperidine rings is 1. The molecule has 4 heterocycles. The minimum Gasteiger partial charge on any atom is -0.369 e. The van der Waals surface area contributed by atoms with Crippen molar-refractivity contribution in [3.05, 3.63) is 18.1 Å². The van der Waals surface area contributed by atoms with Crippen molar-refractivity contribution in [2.45, 2.75) is 32.2 Å². The number of aromatic nitrogens is 3. The number of nitrogens with zero attached hydrogens (tertiary/aromatic N) is 4. The van der Waals surface area contributed by atoms with E-state index in [0.29, 0.717) is 19.1 Å². The Kier molecular flexibility index (Phi) is 3.53. The number of imidazole rings is 1. The minimum atomic E-state index is -3.08. The summed E-state index contributed by atoms with van der Waals surface area (Å²) in [4.78, 5) is 8.92. The summed E-state index contributed by atoms with van der Waals surface area (Å²) >= 11 is 0. The molecule has 0 atom stereocenters. The van der Waals surface area contributed by atoms with Crippen LogP contribution in [0.25, 0.3) is 11.0 Å². The number of rotatable bonds is 3. The Balaban J connectivity index is 1.63. The van der Waals surface area contributed by atoms with Crippen LogP contribution in [0.15, 0.2) is 12.5 Å². The van der Waals surface area contributed by atoms with Gasteiger partial charge in [-0.15, -0.1) is 0 Å². The third-order valence-corrected chi connectivity index (χ3v) is 6.83. The average Bonchev–Trinajstić information content (AvgIpc) is 3.20. The smallest absolute Gasteiger partial charge is 0.213 e. The first-order valence-corrected chi connectivity index (χ1v) is 9.77. The Bertz CT molecular complexity index is 837. The third kappa shape index (κ3) is 2.40. The monoisotopic (exact) mass is 335 g/mol. The molecule has 0 amide bonds. The summed E-state index contributed by atoms with van der Waals surface area (Å²) in [6, 6.07) is 0.301. The van der Waals surface area contributed by atoms with Gasteiger partial charge in [0.2, 0.25) is 10.0 Å². The van der Waals surface area contributed by atoms with Crippen molar-refractivity contribution >= 4 is 26.9 Å². The van der Waals surface area contributed by atoms with E-state index >= 15 is 0 Å². The zero-order valence-corrected chi connectivity index (χ0v) is 14.0. The Morgan fingerprint density at radius 2 is 2.09 bits per heavy atom. The molecule has 0 radical (unpaired) electrons. The fourth-order valence-corrected chi connectivity index (χ4v) is 4.78. The number of sulfonamides is 1. The first-order chi connectivity index (χ1) is 11.1. The quantitative estimate of drug-likeness (QED) is 0.917. The van der Waals surface area contributed by atoms with Gasteiger partial charge in [0.05, 0.1) is 23.8 Å². The molecule has 7 nitrogen and oxygen atoms in total. The van der Waals surface area contributed by atoms with Crippen LogP contribution >= 0.6 is 0 Å². The van der Waals surface area contributed by atoms with E-state index in [1.54, 1.807) is 11.2 Å². The first kappa shape index (κ1) is 14.9. The molecule has 2 aliphatic rings. The van der Waals surface area contributed by atoms with Gasteiger partial charge in [-0.1, -0.05) is 0 Å². The third-order valence-electron chi connectivity index (χ3n) is 4.95. The van der Waals surface area contributed by atoms with Crippen LogP contribution in [0.4, 0.5) is 5.82 Å². The van der Waals surface area contributed by atoms with E-state index < -0.39 is 10.0 Å². The summed E-state index contributed by atoms with van der Waals surface area (Å²) in [5.41, 5.74) is 3.33. The molecule has 2 aliphatic heterocycles. The molecule has 8 heteroatoms. The average molecular weight is 335 g/mol. The normalized spacial score (nSPS) is 19.9. The molecule has 1 fully saturated rings. The van der Waals surface area contributed by atoms with Gasteiger partial charge in [0, 0.05) is 31.2 Å². The molecule has 0 aromatic carbocycles. The highest BCUT2D eigenvalue weighted by molar-refractivity contribution is 7.89. The summed E-state index contributed by atoms with van der Waals surface area (Å²) in [6.07, 6.45) is 6.33. The zero-order chi connectivity index (χ0) is 16.0. The molecule has 1 N–H and O–H groups in total. The highest BCUT2D eigenvalue weighted by Crippen LogP contribution is 2.33. The van der Waals surface area contributed by atoms with E-state index in [9.17, 15) is 8.42 Å². The molecule has 0 spiro atoms. The van der Waals surface area contributed by atoms with Crippen LogP contribution in [0.2, 0.25) is 0 Å². The molecule has 0 unspecified atom stereocenters. The Hall–Kier alpha value is -1.67.